The van der Waals surface area contributed by atoms with Crippen molar-refractivity contribution in [3.8, 4) is 5.75 Å². The van der Waals surface area contributed by atoms with Gasteiger partial charge in [0.2, 0.25) is 0 Å². The first-order valence-corrected chi connectivity index (χ1v) is 8.47. The molecule has 1 amide bonds. The number of unbranched alkanes of at least 4 members (excludes halogenated alkanes) is 2. The average molecular weight is 327 g/mol. The maximum Gasteiger partial charge on any atom is 0.269 e. The summed E-state index contributed by atoms with van der Waals surface area (Å²) >= 11 is 0. The molecule has 0 aliphatic rings. The molecule has 128 valence electrons. The van der Waals surface area contributed by atoms with E-state index in [2.05, 4.69) is 22.5 Å². The number of pyridine rings is 1. The van der Waals surface area contributed by atoms with Crippen LogP contribution < -0.4 is 15.4 Å². The van der Waals surface area contributed by atoms with Crippen molar-refractivity contribution in [2.75, 3.05) is 18.5 Å². The minimum atomic E-state index is -0.126. The second-order valence-corrected chi connectivity index (χ2v) is 5.48. The minimum Gasteiger partial charge on any atom is -0.494 e. The molecule has 0 atom stereocenters. The van der Waals surface area contributed by atoms with E-state index in [0.29, 0.717) is 18.8 Å². The van der Waals surface area contributed by atoms with Crippen LogP contribution in [-0.2, 0) is 0 Å². The number of carbonyl (C=O) groups is 1. The van der Waals surface area contributed by atoms with Crippen LogP contribution in [0.5, 0.6) is 5.75 Å². The van der Waals surface area contributed by atoms with Crippen LogP contribution in [-0.4, -0.2) is 24.0 Å². The molecule has 0 saturated carbocycles. The quantitative estimate of drug-likeness (QED) is 0.679. The Labute approximate surface area is 143 Å². The lowest BCUT2D eigenvalue weighted by atomic mass is 10.2. The SMILES string of the molecule is CCCCCNC(=O)c1ccc(Nc2ccc(OCC)cc2)cn1. The summed E-state index contributed by atoms with van der Waals surface area (Å²) in [5, 5.41) is 6.13. The van der Waals surface area contributed by atoms with Crippen LogP contribution in [0, 0.1) is 0 Å². The van der Waals surface area contributed by atoms with Crippen molar-refractivity contribution in [2.45, 2.75) is 33.1 Å². The van der Waals surface area contributed by atoms with Crippen LogP contribution in [0.25, 0.3) is 0 Å². The molecule has 0 fully saturated rings. The zero-order chi connectivity index (χ0) is 17.2. The number of amides is 1. The van der Waals surface area contributed by atoms with Crippen molar-refractivity contribution in [3.05, 3.63) is 48.3 Å². The number of anilines is 2. The third kappa shape index (κ3) is 5.57. The monoisotopic (exact) mass is 327 g/mol. The van der Waals surface area contributed by atoms with E-state index in [1.54, 1.807) is 12.3 Å². The summed E-state index contributed by atoms with van der Waals surface area (Å²) in [7, 11) is 0. The first kappa shape index (κ1) is 17.8. The van der Waals surface area contributed by atoms with Gasteiger partial charge in [-0.15, -0.1) is 0 Å². The van der Waals surface area contributed by atoms with E-state index in [-0.39, 0.29) is 5.91 Å². The number of rotatable bonds is 9. The smallest absolute Gasteiger partial charge is 0.269 e. The topological polar surface area (TPSA) is 63.2 Å². The molecule has 0 unspecified atom stereocenters. The fourth-order valence-electron chi connectivity index (χ4n) is 2.24. The van der Waals surface area contributed by atoms with Crippen LogP contribution in [0.1, 0.15) is 43.6 Å². The number of nitrogens with zero attached hydrogens (tertiary/aromatic N) is 1. The van der Waals surface area contributed by atoms with E-state index >= 15 is 0 Å². The highest BCUT2D eigenvalue weighted by Gasteiger charge is 2.06. The number of hydrogen-bond donors (Lipinski definition) is 2. The van der Waals surface area contributed by atoms with Crippen molar-refractivity contribution in [2.24, 2.45) is 0 Å². The number of nitrogens with one attached hydrogen (secondary N) is 2. The fraction of sp³-hybridized carbons (Fsp3) is 0.368. The second kappa shape index (κ2) is 9.55. The zero-order valence-corrected chi connectivity index (χ0v) is 14.3. The Morgan fingerprint density at radius 2 is 1.79 bits per heavy atom. The molecule has 1 aromatic carbocycles. The standard InChI is InChI=1S/C19H25N3O2/c1-3-5-6-13-20-19(23)18-12-9-16(14-21-18)22-15-7-10-17(11-8-15)24-4-2/h7-12,14,22H,3-6,13H2,1-2H3,(H,20,23). The average Bonchev–Trinajstić information content (AvgIpc) is 2.61. The van der Waals surface area contributed by atoms with E-state index < -0.39 is 0 Å². The van der Waals surface area contributed by atoms with Gasteiger partial charge < -0.3 is 15.4 Å². The molecule has 0 aliphatic carbocycles. The van der Waals surface area contributed by atoms with Crippen LogP contribution in [0.3, 0.4) is 0 Å². The fourth-order valence-corrected chi connectivity index (χ4v) is 2.24. The van der Waals surface area contributed by atoms with Gasteiger partial charge in [-0.25, -0.2) is 4.98 Å². The van der Waals surface area contributed by atoms with E-state index in [1.807, 2.05) is 37.3 Å². The largest absolute Gasteiger partial charge is 0.494 e. The molecule has 2 rings (SSSR count). The summed E-state index contributed by atoms with van der Waals surface area (Å²) in [6, 6.07) is 11.3. The van der Waals surface area contributed by atoms with E-state index in [4.69, 9.17) is 4.74 Å². The zero-order valence-electron chi connectivity index (χ0n) is 14.3. The summed E-state index contributed by atoms with van der Waals surface area (Å²) in [5.74, 6) is 0.718. The van der Waals surface area contributed by atoms with Crippen LogP contribution in [0.2, 0.25) is 0 Å². The molecule has 2 N–H and O–H groups in total. The lowest BCUT2D eigenvalue weighted by Gasteiger charge is -2.09. The lowest BCUT2D eigenvalue weighted by molar-refractivity contribution is 0.0948. The molecule has 24 heavy (non-hydrogen) atoms. The molecular weight excluding hydrogens is 302 g/mol. The van der Waals surface area contributed by atoms with Crippen LogP contribution in [0.4, 0.5) is 11.4 Å². The number of carbonyl (C=O) groups excluding carboxylic acids is 1. The van der Waals surface area contributed by atoms with E-state index in [1.165, 1.54) is 0 Å². The summed E-state index contributed by atoms with van der Waals surface area (Å²) in [5.41, 5.74) is 2.21. The second-order valence-electron chi connectivity index (χ2n) is 5.48. The molecule has 1 heterocycles. The van der Waals surface area contributed by atoms with Crippen molar-refractivity contribution < 1.29 is 9.53 Å². The Hall–Kier alpha value is -2.56. The Bertz CT molecular complexity index is 624. The van der Waals surface area contributed by atoms with Gasteiger partial charge in [-0.3, -0.25) is 4.79 Å². The normalized spacial score (nSPS) is 10.2. The highest BCUT2D eigenvalue weighted by Crippen LogP contribution is 2.19. The molecule has 1 aromatic heterocycles. The van der Waals surface area contributed by atoms with Gasteiger partial charge in [-0.2, -0.15) is 0 Å². The van der Waals surface area contributed by atoms with E-state index in [0.717, 1.165) is 36.4 Å². The lowest BCUT2D eigenvalue weighted by Crippen LogP contribution is -2.25. The van der Waals surface area contributed by atoms with Crippen molar-refractivity contribution in [1.82, 2.24) is 10.3 Å². The van der Waals surface area contributed by atoms with Gasteiger partial charge in [0, 0.05) is 12.2 Å². The molecule has 2 aromatic rings. The summed E-state index contributed by atoms with van der Waals surface area (Å²) in [4.78, 5) is 16.2. The molecule has 5 nitrogen and oxygen atoms in total. The first-order valence-electron chi connectivity index (χ1n) is 8.47. The Morgan fingerprint density at radius 1 is 1.04 bits per heavy atom. The molecule has 0 bridgehead atoms. The van der Waals surface area contributed by atoms with Gasteiger partial charge in [-0.05, 0) is 49.7 Å². The Balaban J connectivity index is 1.88. The molecule has 0 spiro atoms. The van der Waals surface area contributed by atoms with Gasteiger partial charge in [-0.1, -0.05) is 19.8 Å². The summed E-state index contributed by atoms with van der Waals surface area (Å²) in [6.45, 7) is 5.44. The highest BCUT2D eigenvalue weighted by molar-refractivity contribution is 5.92. The third-order valence-electron chi connectivity index (χ3n) is 3.52. The Morgan fingerprint density at radius 3 is 2.42 bits per heavy atom. The molecular formula is C19H25N3O2. The van der Waals surface area contributed by atoms with Gasteiger partial charge in [0.1, 0.15) is 11.4 Å². The number of benzene rings is 1. The van der Waals surface area contributed by atoms with Gasteiger partial charge in [0.15, 0.2) is 0 Å². The minimum absolute atomic E-state index is 0.126. The number of hydrogen-bond acceptors (Lipinski definition) is 4. The maximum absolute atomic E-state index is 12.0. The molecule has 0 aliphatic heterocycles. The molecule has 0 radical (unpaired) electrons. The van der Waals surface area contributed by atoms with Crippen molar-refractivity contribution in [3.63, 3.8) is 0 Å². The number of ether oxygens (including phenoxy) is 1. The predicted octanol–water partition coefficient (Wildman–Crippen LogP) is 4.14. The van der Waals surface area contributed by atoms with Crippen molar-refractivity contribution >= 4 is 17.3 Å². The highest BCUT2D eigenvalue weighted by atomic mass is 16.5. The predicted molar refractivity (Wildman–Crippen MR) is 97.0 cm³/mol. The van der Waals surface area contributed by atoms with Gasteiger partial charge in [0.25, 0.3) is 5.91 Å². The van der Waals surface area contributed by atoms with Gasteiger partial charge in [0.05, 0.1) is 18.5 Å². The van der Waals surface area contributed by atoms with Crippen LogP contribution >= 0.6 is 0 Å². The molecule has 5 heteroatoms. The molecule has 0 saturated heterocycles. The van der Waals surface area contributed by atoms with Crippen molar-refractivity contribution in [1.29, 1.82) is 0 Å². The third-order valence-corrected chi connectivity index (χ3v) is 3.52. The maximum atomic E-state index is 12.0. The first-order chi connectivity index (χ1) is 11.7. The number of aromatic nitrogens is 1. The summed E-state index contributed by atoms with van der Waals surface area (Å²) < 4.78 is 5.42. The van der Waals surface area contributed by atoms with Gasteiger partial charge >= 0.3 is 0 Å². The van der Waals surface area contributed by atoms with E-state index in [9.17, 15) is 4.79 Å². The summed E-state index contributed by atoms with van der Waals surface area (Å²) in [6.07, 6.45) is 4.93. The van der Waals surface area contributed by atoms with Crippen LogP contribution in [0.15, 0.2) is 42.6 Å². The Kier molecular flexibility index (Phi) is 7.08.